The van der Waals surface area contributed by atoms with Gasteiger partial charge < -0.3 is 16.0 Å². The number of halogens is 2. The molecule has 5 nitrogen and oxygen atoms in total. The lowest BCUT2D eigenvalue weighted by molar-refractivity contribution is -0.139. The lowest BCUT2D eigenvalue weighted by Crippen LogP contribution is -2.49. The monoisotopic (exact) mass is 365 g/mol. The Morgan fingerprint density at radius 3 is 2.31 bits per heavy atom. The molecule has 2 aliphatic carbocycles. The Morgan fingerprint density at radius 2 is 1.73 bits per heavy atom. The van der Waals surface area contributed by atoms with Gasteiger partial charge in [0.25, 0.3) is 0 Å². The van der Waals surface area contributed by atoms with Crippen molar-refractivity contribution >= 4 is 17.5 Å². The Morgan fingerprint density at radius 1 is 1.15 bits per heavy atom. The number of hydrogen-bond donors (Lipinski definition) is 2. The van der Waals surface area contributed by atoms with Gasteiger partial charge in [-0.2, -0.15) is 0 Å². The van der Waals surface area contributed by atoms with Crippen LogP contribution in [0.15, 0.2) is 18.2 Å². The van der Waals surface area contributed by atoms with E-state index in [0.717, 1.165) is 43.9 Å². The van der Waals surface area contributed by atoms with Crippen LogP contribution in [-0.4, -0.2) is 36.3 Å². The largest absolute Gasteiger partial charge is 0.336 e. The maximum atomic E-state index is 13.2. The van der Waals surface area contributed by atoms with Crippen molar-refractivity contribution in [3.63, 3.8) is 0 Å². The van der Waals surface area contributed by atoms with Crippen LogP contribution < -0.4 is 11.1 Å². The zero-order chi connectivity index (χ0) is 18.8. The average molecular weight is 365 g/mol. The van der Waals surface area contributed by atoms with E-state index in [9.17, 15) is 18.4 Å². The fourth-order valence-electron chi connectivity index (χ4n) is 4.42. The first-order valence-electron chi connectivity index (χ1n) is 9.10. The Labute approximate surface area is 151 Å². The molecule has 0 heterocycles. The highest BCUT2D eigenvalue weighted by Gasteiger charge is 2.41. The molecule has 3 rings (SSSR count). The van der Waals surface area contributed by atoms with E-state index in [-0.39, 0.29) is 30.1 Å². The molecule has 2 atom stereocenters. The van der Waals surface area contributed by atoms with E-state index >= 15 is 0 Å². The topological polar surface area (TPSA) is 75.4 Å². The second kappa shape index (κ2) is 7.70. The Balaban J connectivity index is 1.56. The Kier molecular flexibility index (Phi) is 5.55. The van der Waals surface area contributed by atoms with Gasteiger partial charge >= 0.3 is 0 Å². The number of hydrogen-bond acceptors (Lipinski definition) is 3. The predicted octanol–water partition coefficient (Wildman–Crippen LogP) is 2.52. The SMILES string of the molecule is CN(CC(=O)Nc1cc(F)cc(F)c1)C(=O)C1CC2CCCC(C1)C2N. The molecular formula is C19H25F2N3O2. The number of amides is 2. The number of anilines is 1. The summed E-state index contributed by atoms with van der Waals surface area (Å²) in [7, 11) is 1.58. The van der Waals surface area contributed by atoms with Crippen LogP contribution in [0.3, 0.4) is 0 Å². The van der Waals surface area contributed by atoms with Crippen LogP contribution in [0, 0.1) is 29.4 Å². The van der Waals surface area contributed by atoms with Gasteiger partial charge in [-0.3, -0.25) is 9.59 Å². The number of carbonyl (C=O) groups excluding carboxylic acids is 2. The predicted molar refractivity (Wildman–Crippen MR) is 94.2 cm³/mol. The van der Waals surface area contributed by atoms with Crippen molar-refractivity contribution in [2.75, 3.05) is 18.9 Å². The normalized spacial score (nSPS) is 27.7. The van der Waals surface area contributed by atoms with E-state index in [1.807, 2.05) is 0 Å². The Bertz CT molecular complexity index is 663. The number of nitrogens with zero attached hydrogens (tertiary/aromatic N) is 1. The van der Waals surface area contributed by atoms with Crippen LogP contribution in [0.5, 0.6) is 0 Å². The zero-order valence-electron chi connectivity index (χ0n) is 14.9. The molecule has 142 valence electrons. The van der Waals surface area contributed by atoms with Crippen LogP contribution in [0.25, 0.3) is 0 Å². The minimum atomic E-state index is -0.769. The molecule has 0 aliphatic heterocycles. The van der Waals surface area contributed by atoms with E-state index in [4.69, 9.17) is 5.73 Å². The molecule has 0 radical (unpaired) electrons. The summed E-state index contributed by atoms with van der Waals surface area (Å²) >= 11 is 0. The lowest BCUT2D eigenvalue weighted by atomic mass is 9.65. The van der Waals surface area contributed by atoms with Gasteiger partial charge in [0.05, 0.1) is 6.54 Å². The molecular weight excluding hydrogens is 340 g/mol. The van der Waals surface area contributed by atoms with Crippen molar-refractivity contribution in [2.45, 2.75) is 38.1 Å². The van der Waals surface area contributed by atoms with Gasteiger partial charge in [0.2, 0.25) is 11.8 Å². The number of carbonyl (C=O) groups is 2. The second-order valence-corrected chi connectivity index (χ2v) is 7.60. The van der Waals surface area contributed by atoms with Gasteiger partial charge in [-0.15, -0.1) is 0 Å². The lowest BCUT2D eigenvalue weighted by Gasteiger charge is -2.44. The molecule has 0 spiro atoms. The van der Waals surface area contributed by atoms with Crippen LogP contribution in [0.2, 0.25) is 0 Å². The Hall–Kier alpha value is -2.02. The third kappa shape index (κ3) is 4.20. The van der Waals surface area contributed by atoms with Gasteiger partial charge in [0.15, 0.2) is 0 Å². The summed E-state index contributed by atoms with van der Waals surface area (Å²) in [5, 5.41) is 2.43. The highest BCUT2D eigenvalue weighted by molar-refractivity contribution is 5.94. The molecule has 3 N–H and O–H groups in total. The van der Waals surface area contributed by atoms with Gasteiger partial charge in [0.1, 0.15) is 11.6 Å². The minimum Gasteiger partial charge on any atom is -0.336 e. The van der Waals surface area contributed by atoms with Crippen LogP contribution in [0.1, 0.15) is 32.1 Å². The maximum Gasteiger partial charge on any atom is 0.243 e. The van der Waals surface area contributed by atoms with Crippen LogP contribution in [-0.2, 0) is 9.59 Å². The maximum absolute atomic E-state index is 13.2. The highest BCUT2D eigenvalue weighted by atomic mass is 19.1. The summed E-state index contributed by atoms with van der Waals surface area (Å²) in [4.78, 5) is 26.2. The van der Waals surface area contributed by atoms with Gasteiger partial charge in [-0.05, 0) is 49.7 Å². The van der Waals surface area contributed by atoms with E-state index < -0.39 is 17.5 Å². The third-order valence-corrected chi connectivity index (χ3v) is 5.67. The molecule has 2 fully saturated rings. The number of nitrogens with one attached hydrogen (secondary N) is 1. The second-order valence-electron chi connectivity index (χ2n) is 7.60. The van der Waals surface area contributed by atoms with Crippen molar-refractivity contribution in [1.29, 1.82) is 0 Å². The molecule has 2 aliphatic rings. The molecule has 0 saturated heterocycles. The summed E-state index contributed by atoms with van der Waals surface area (Å²) in [5.41, 5.74) is 6.30. The van der Waals surface area contributed by atoms with E-state index in [2.05, 4.69) is 5.32 Å². The summed E-state index contributed by atoms with van der Waals surface area (Å²) < 4.78 is 26.4. The number of rotatable bonds is 4. The standard InChI is InChI=1S/C19H25F2N3O2/c1-24(10-17(25)23-16-8-14(20)7-15(21)9-16)19(26)13-5-11-3-2-4-12(6-13)18(11)22/h7-9,11-13,18H,2-6,10,22H2,1H3,(H,23,25). The smallest absolute Gasteiger partial charge is 0.243 e. The quantitative estimate of drug-likeness (QED) is 0.861. The van der Waals surface area contributed by atoms with E-state index in [1.54, 1.807) is 7.05 Å². The molecule has 0 aromatic heterocycles. The van der Waals surface area contributed by atoms with Crippen molar-refractivity contribution in [2.24, 2.45) is 23.5 Å². The first-order valence-corrected chi connectivity index (χ1v) is 9.10. The molecule has 1 aromatic rings. The fourth-order valence-corrected chi connectivity index (χ4v) is 4.42. The molecule has 26 heavy (non-hydrogen) atoms. The van der Waals surface area contributed by atoms with Crippen molar-refractivity contribution in [3.8, 4) is 0 Å². The van der Waals surface area contributed by atoms with Gasteiger partial charge in [-0.1, -0.05) is 6.42 Å². The molecule has 2 unspecified atom stereocenters. The first-order chi connectivity index (χ1) is 12.3. The average Bonchev–Trinajstić information content (AvgIpc) is 2.52. The van der Waals surface area contributed by atoms with Crippen molar-refractivity contribution in [1.82, 2.24) is 4.90 Å². The fraction of sp³-hybridized carbons (Fsp3) is 0.579. The van der Waals surface area contributed by atoms with Crippen molar-refractivity contribution in [3.05, 3.63) is 29.8 Å². The van der Waals surface area contributed by atoms with Gasteiger partial charge in [-0.25, -0.2) is 8.78 Å². The number of fused-ring (bicyclic) bond motifs is 2. The number of likely N-dealkylation sites (N-methyl/N-ethyl adjacent to an activating group) is 1. The molecule has 2 saturated carbocycles. The van der Waals surface area contributed by atoms with E-state index in [0.29, 0.717) is 11.8 Å². The molecule has 2 bridgehead atoms. The number of nitrogens with two attached hydrogens (primary N) is 1. The highest BCUT2D eigenvalue weighted by Crippen LogP contribution is 2.42. The summed E-state index contributed by atoms with van der Waals surface area (Å²) in [5.74, 6) is -1.42. The third-order valence-electron chi connectivity index (χ3n) is 5.67. The summed E-state index contributed by atoms with van der Waals surface area (Å²) in [6, 6.07) is 2.99. The zero-order valence-corrected chi connectivity index (χ0v) is 14.9. The van der Waals surface area contributed by atoms with Crippen LogP contribution in [0.4, 0.5) is 14.5 Å². The molecule has 2 amide bonds. The summed E-state index contributed by atoms with van der Waals surface area (Å²) in [6.07, 6.45) is 4.86. The summed E-state index contributed by atoms with van der Waals surface area (Å²) in [6.45, 7) is -0.158. The minimum absolute atomic E-state index is 0.0338. The molecule has 1 aromatic carbocycles. The first kappa shape index (κ1) is 18.8. The molecule has 7 heteroatoms. The number of benzene rings is 1. The van der Waals surface area contributed by atoms with Gasteiger partial charge in [0, 0.05) is 30.8 Å². The van der Waals surface area contributed by atoms with E-state index in [1.165, 1.54) is 11.3 Å². The van der Waals surface area contributed by atoms with Crippen LogP contribution >= 0.6 is 0 Å². The van der Waals surface area contributed by atoms with Crippen molar-refractivity contribution < 1.29 is 18.4 Å².